The number of sulfonamides is 1. The van der Waals surface area contributed by atoms with Crippen molar-refractivity contribution in [2.75, 3.05) is 31.8 Å². The van der Waals surface area contributed by atoms with Gasteiger partial charge in [-0.3, -0.25) is 9.10 Å². The maximum atomic E-state index is 13.2. The summed E-state index contributed by atoms with van der Waals surface area (Å²) in [7, 11) is -0.887. The number of anilines is 1. The van der Waals surface area contributed by atoms with Gasteiger partial charge >= 0.3 is 0 Å². The molecule has 0 saturated heterocycles. The van der Waals surface area contributed by atoms with E-state index in [1.165, 1.54) is 42.7 Å². The molecular formula is C25H26N2O6S. The van der Waals surface area contributed by atoms with Gasteiger partial charge in [-0.1, -0.05) is 18.2 Å². The molecule has 0 atom stereocenters. The van der Waals surface area contributed by atoms with Crippen molar-refractivity contribution in [2.24, 2.45) is 0 Å². The molecule has 1 amide bonds. The molecule has 1 aliphatic heterocycles. The number of hydrogen-bond donors (Lipinski definition) is 0. The van der Waals surface area contributed by atoms with E-state index < -0.39 is 10.0 Å². The minimum Gasteiger partial charge on any atom is -0.495 e. The third kappa shape index (κ3) is 4.51. The van der Waals surface area contributed by atoms with E-state index >= 15 is 0 Å². The summed E-state index contributed by atoms with van der Waals surface area (Å²) < 4.78 is 43.5. The highest BCUT2D eigenvalue weighted by molar-refractivity contribution is 7.92. The fourth-order valence-electron chi connectivity index (χ4n) is 3.72. The molecule has 3 aromatic rings. The lowest BCUT2D eigenvalue weighted by atomic mass is 10.1. The van der Waals surface area contributed by atoms with Crippen molar-refractivity contribution in [1.82, 2.24) is 4.90 Å². The number of amides is 1. The van der Waals surface area contributed by atoms with Crippen molar-refractivity contribution in [3.63, 3.8) is 0 Å². The first-order valence-electron chi connectivity index (χ1n) is 10.7. The lowest BCUT2D eigenvalue weighted by Crippen LogP contribution is -2.30. The average Bonchev–Trinajstić information content (AvgIpc) is 3.34. The summed E-state index contributed by atoms with van der Waals surface area (Å²) >= 11 is 0. The Labute approximate surface area is 199 Å². The Hall–Kier alpha value is -3.72. The second-order valence-electron chi connectivity index (χ2n) is 7.68. The number of para-hydroxylation sites is 2. The van der Waals surface area contributed by atoms with Gasteiger partial charge in [0.05, 0.1) is 17.7 Å². The minimum atomic E-state index is -3.84. The fourth-order valence-corrected chi connectivity index (χ4v) is 4.92. The molecule has 0 spiro atoms. The Morgan fingerprint density at radius 2 is 1.71 bits per heavy atom. The van der Waals surface area contributed by atoms with Gasteiger partial charge < -0.3 is 19.1 Å². The molecule has 1 heterocycles. The van der Waals surface area contributed by atoms with Crippen LogP contribution in [0, 0.1) is 0 Å². The zero-order valence-electron chi connectivity index (χ0n) is 19.2. The zero-order valence-corrected chi connectivity index (χ0v) is 20.0. The molecule has 1 aliphatic rings. The smallest absolute Gasteiger partial charge is 0.264 e. The van der Waals surface area contributed by atoms with E-state index in [1.54, 1.807) is 29.2 Å². The number of rotatable bonds is 8. The lowest BCUT2D eigenvalue weighted by Gasteiger charge is -2.23. The highest BCUT2D eigenvalue weighted by Gasteiger charge is 2.24. The van der Waals surface area contributed by atoms with Gasteiger partial charge in [-0.25, -0.2) is 8.42 Å². The van der Waals surface area contributed by atoms with Gasteiger partial charge in [0, 0.05) is 25.7 Å². The SMILES string of the molecule is CCN(Cc1ccc2c(c1)OCO2)C(=O)c1ccc(S(=O)(=O)N(C)c2ccccc2OC)cc1. The van der Waals surface area contributed by atoms with Crippen LogP contribution >= 0.6 is 0 Å². The van der Waals surface area contributed by atoms with E-state index in [9.17, 15) is 13.2 Å². The van der Waals surface area contributed by atoms with Crippen LogP contribution in [0.15, 0.2) is 71.6 Å². The molecule has 0 unspecified atom stereocenters. The molecule has 0 bridgehead atoms. The van der Waals surface area contributed by atoms with Crippen LogP contribution in [0.5, 0.6) is 17.2 Å². The second kappa shape index (κ2) is 9.64. The summed E-state index contributed by atoms with van der Waals surface area (Å²) in [6.07, 6.45) is 0. The maximum absolute atomic E-state index is 13.2. The molecular weight excluding hydrogens is 456 g/mol. The van der Waals surface area contributed by atoms with Crippen LogP contribution in [0.4, 0.5) is 5.69 Å². The summed E-state index contributed by atoms with van der Waals surface area (Å²) in [5.74, 6) is 1.60. The van der Waals surface area contributed by atoms with E-state index in [1.807, 2.05) is 25.1 Å². The van der Waals surface area contributed by atoms with E-state index in [-0.39, 0.29) is 17.6 Å². The first-order valence-corrected chi connectivity index (χ1v) is 12.2. The number of fused-ring (bicyclic) bond motifs is 1. The second-order valence-corrected chi connectivity index (χ2v) is 9.64. The molecule has 34 heavy (non-hydrogen) atoms. The van der Waals surface area contributed by atoms with Crippen LogP contribution in [0.25, 0.3) is 0 Å². The fraction of sp³-hybridized carbons (Fsp3) is 0.240. The van der Waals surface area contributed by atoms with Gasteiger partial charge in [-0.05, 0) is 61.0 Å². The monoisotopic (exact) mass is 482 g/mol. The largest absolute Gasteiger partial charge is 0.495 e. The Balaban J connectivity index is 1.52. The molecule has 9 heteroatoms. The van der Waals surface area contributed by atoms with Crippen LogP contribution in [0.2, 0.25) is 0 Å². The average molecular weight is 483 g/mol. The summed E-state index contributed by atoms with van der Waals surface area (Å²) in [5.41, 5.74) is 1.74. The maximum Gasteiger partial charge on any atom is 0.264 e. The predicted molar refractivity (Wildman–Crippen MR) is 128 cm³/mol. The normalized spacial score (nSPS) is 12.3. The Bertz CT molecular complexity index is 1290. The third-order valence-electron chi connectivity index (χ3n) is 5.66. The number of carbonyl (C=O) groups excluding carboxylic acids is 1. The molecule has 0 saturated carbocycles. The molecule has 0 aliphatic carbocycles. The van der Waals surface area contributed by atoms with Crippen molar-refractivity contribution in [1.29, 1.82) is 0 Å². The molecule has 0 radical (unpaired) electrons. The molecule has 0 aromatic heterocycles. The summed E-state index contributed by atoms with van der Waals surface area (Å²) in [6, 6.07) is 18.4. The standard InChI is InChI=1S/C25H26N2O6S/c1-4-27(16-18-9-14-23-24(15-18)33-17-32-23)25(28)19-10-12-20(13-11-19)34(29,30)26(2)21-7-5-6-8-22(21)31-3/h5-15H,4,16-17H2,1-3H3. The number of benzene rings is 3. The molecule has 178 valence electrons. The Morgan fingerprint density at radius 1 is 1.00 bits per heavy atom. The van der Waals surface area contributed by atoms with Crippen LogP contribution in [0.1, 0.15) is 22.8 Å². The van der Waals surface area contributed by atoms with E-state index in [0.29, 0.717) is 41.6 Å². The van der Waals surface area contributed by atoms with Gasteiger partial charge in [-0.2, -0.15) is 0 Å². The van der Waals surface area contributed by atoms with E-state index in [2.05, 4.69) is 0 Å². The van der Waals surface area contributed by atoms with Gasteiger partial charge in [0.15, 0.2) is 11.5 Å². The lowest BCUT2D eigenvalue weighted by molar-refractivity contribution is 0.0752. The quantitative estimate of drug-likeness (QED) is 0.484. The van der Waals surface area contributed by atoms with Crippen molar-refractivity contribution >= 4 is 21.6 Å². The summed E-state index contributed by atoms with van der Waals surface area (Å²) in [5, 5.41) is 0. The van der Waals surface area contributed by atoms with Gasteiger partial charge in [-0.15, -0.1) is 0 Å². The van der Waals surface area contributed by atoms with Crippen LogP contribution in [-0.4, -0.2) is 46.7 Å². The van der Waals surface area contributed by atoms with Crippen molar-refractivity contribution in [3.05, 3.63) is 77.9 Å². The predicted octanol–water partition coefficient (Wildman–Crippen LogP) is 3.91. The van der Waals surface area contributed by atoms with Crippen LogP contribution in [0.3, 0.4) is 0 Å². The van der Waals surface area contributed by atoms with Crippen molar-refractivity contribution < 1.29 is 27.4 Å². The van der Waals surface area contributed by atoms with E-state index in [4.69, 9.17) is 14.2 Å². The van der Waals surface area contributed by atoms with Gasteiger partial charge in [0.2, 0.25) is 6.79 Å². The molecule has 8 nitrogen and oxygen atoms in total. The number of methoxy groups -OCH3 is 1. The summed E-state index contributed by atoms with van der Waals surface area (Å²) in [4.78, 5) is 14.9. The molecule has 3 aromatic carbocycles. The number of nitrogens with zero attached hydrogens (tertiary/aromatic N) is 2. The number of carbonyl (C=O) groups is 1. The van der Waals surface area contributed by atoms with Crippen molar-refractivity contribution in [3.8, 4) is 17.2 Å². The third-order valence-corrected chi connectivity index (χ3v) is 7.45. The Morgan fingerprint density at radius 3 is 2.41 bits per heavy atom. The van der Waals surface area contributed by atoms with Gasteiger partial charge in [0.1, 0.15) is 5.75 Å². The van der Waals surface area contributed by atoms with Gasteiger partial charge in [0.25, 0.3) is 15.9 Å². The summed E-state index contributed by atoms with van der Waals surface area (Å²) in [6.45, 7) is 2.97. The molecule has 0 fully saturated rings. The molecule has 4 rings (SSSR count). The van der Waals surface area contributed by atoms with Crippen LogP contribution < -0.4 is 18.5 Å². The van der Waals surface area contributed by atoms with Crippen LogP contribution in [-0.2, 0) is 16.6 Å². The highest BCUT2D eigenvalue weighted by Crippen LogP contribution is 2.33. The number of ether oxygens (including phenoxy) is 3. The van der Waals surface area contributed by atoms with E-state index in [0.717, 1.165) is 5.56 Å². The highest BCUT2D eigenvalue weighted by atomic mass is 32.2. The topological polar surface area (TPSA) is 85.4 Å². The Kier molecular flexibility index (Phi) is 6.65. The first kappa shape index (κ1) is 23.4. The molecule has 0 N–H and O–H groups in total. The first-order chi connectivity index (χ1) is 16.3. The number of hydrogen-bond acceptors (Lipinski definition) is 6. The van der Waals surface area contributed by atoms with Crippen molar-refractivity contribution in [2.45, 2.75) is 18.4 Å². The minimum absolute atomic E-state index is 0.0799. The zero-order chi connectivity index (χ0) is 24.3.